The zero-order valence-corrected chi connectivity index (χ0v) is 31.5. The Morgan fingerprint density at radius 1 is 0.875 bits per heavy atom. The summed E-state index contributed by atoms with van der Waals surface area (Å²) in [6.07, 6.45) is 5.75. The third-order valence-corrected chi connectivity index (χ3v) is 11.6. The molecule has 1 atom stereocenters. The summed E-state index contributed by atoms with van der Waals surface area (Å²) < 4.78 is 36.6. The van der Waals surface area contributed by atoms with Crippen molar-refractivity contribution in [1.29, 1.82) is 0 Å². The van der Waals surface area contributed by atoms with Gasteiger partial charge in [-0.1, -0.05) is 18.2 Å². The van der Waals surface area contributed by atoms with Crippen LogP contribution in [-0.4, -0.2) is 117 Å². The fourth-order valence-electron chi connectivity index (χ4n) is 8.66. The maximum Gasteiger partial charge on any atom is 0.256 e. The number of morpholine rings is 1. The van der Waals surface area contributed by atoms with Crippen LogP contribution in [0, 0.1) is 5.82 Å². The van der Waals surface area contributed by atoms with Crippen molar-refractivity contribution in [3.8, 4) is 17.2 Å². The average molecular weight is 766 g/mol. The number of hydrogen-bond acceptors (Lipinski definition) is 10. The zero-order chi connectivity index (χ0) is 38.2. The van der Waals surface area contributed by atoms with E-state index in [1.165, 1.54) is 25.1 Å². The van der Waals surface area contributed by atoms with E-state index < -0.39 is 17.2 Å². The number of fused-ring (bicyclic) bond motifs is 5. The number of amides is 2. The Hall–Kier alpha value is -5.02. The molecule has 4 aliphatic rings. The standard InChI is InChI=1S/C42H48FN7O6/c43-32-22-30-38-41(39(32)49-16-9-27(25-49)46-37(51)8-11-44-12-17-47-13-3-4-14-47)56-36-23-29-28-6-1-2-7-34(28)55-35(29)24-33(36)50(38)26-31(40(30)52)42(53)45-10-5-15-48-18-20-54-21-19-48/h1-2,6-7,22-24,26-27,44H,3-5,8-21,25H2,(H,45,53)(H,46,51)/t27-/m1/s1. The van der Waals surface area contributed by atoms with Crippen LogP contribution in [0.4, 0.5) is 10.1 Å². The largest absolute Gasteiger partial charge is 0.456 e. The van der Waals surface area contributed by atoms with Crippen molar-refractivity contribution in [2.24, 2.45) is 0 Å². The summed E-state index contributed by atoms with van der Waals surface area (Å²) in [7, 11) is 0. The van der Waals surface area contributed by atoms with Gasteiger partial charge in [-0.3, -0.25) is 19.3 Å². The van der Waals surface area contributed by atoms with Gasteiger partial charge in [0.1, 0.15) is 27.9 Å². The lowest BCUT2D eigenvalue weighted by atomic mass is 10.0. The molecule has 6 heterocycles. The molecule has 3 aromatic carbocycles. The number of likely N-dealkylation sites (tertiary alicyclic amines) is 1. The molecule has 4 aliphatic heterocycles. The number of aromatic nitrogens is 1. The molecule has 13 nitrogen and oxygen atoms in total. The van der Waals surface area contributed by atoms with Crippen molar-refractivity contribution in [3.05, 3.63) is 70.3 Å². The van der Waals surface area contributed by atoms with Gasteiger partial charge in [-0.15, -0.1) is 0 Å². The molecule has 0 saturated carbocycles. The van der Waals surface area contributed by atoms with Crippen LogP contribution in [0.5, 0.6) is 11.5 Å². The number of benzene rings is 3. The van der Waals surface area contributed by atoms with Crippen LogP contribution >= 0.6 is 0 Å². The van der Waals surface area contributed by atoms with Gasteiger partial charge >= 0.3 is 0 Å². The van der Waals surface area contributed by atoms with Crippen molar-refractivity contribution in [2.45, 2.75) is 38.1 Å². The Morgan fingerprint density at radius 3 is 2.55 bits per heavy atom. The van der Waals surface area contributed by atoms with Gasteiger partial charge in [0.05, 0.1) is 24.3 Å². The van der Waals surface area contributed by atoms with E-state index in [4.69, 9.17) is 13.9 Å². The quantitative estimate of drug-likeness (QED) is 0.146. The number of rotatable bonds is 13. The number of nitrogens with zero attached hydrogens (tertiary/aromatic N) is 4. The predicted octanol–water partition coefficient (Wildman–Crippen LogP) is 4.36. The number of pyridine rings is 1. The molecule has 2 amide bonds. The number of hydrogen-bond donors (Lipinski definition) is 3. The van der Waals surface area contributed by atoms with Crippen molar-refractivity contribution in [1.82, 2.24) is 30.3 Å². The van der Waals surface area contributed by atoms with E-state index in [0.29, 0.717) is 86.8 Å². The normalized spacial score (nSPS) is 18.5. The lowest BCUT2D eigenvalue weighted by Crippen LogP contribution is -2.39. The molecule has 14 heteroatoms. The number of anilines is 1. The molecular weight excluding hydrogens is 718 g/mol. The first-order valence-corrected chi connectivity index (χ1v) is 20.0. The van der Waals surface area contributed by atoms with Gasteiger partial charge in [0.15, 0.2) is 17.3 Å². The van der Waals surface area contributed by atoms with Crippen LogP contribution in [-0.2, 0) is 9.53 Å². The molecule has 0 bridgehead atoms. The summed E-state index contributed by atoms with van der Waals surface area (Å²) >= 11 is 0. The monoisotopic (exact) mass is 765 g/mol. The van der Waals surface area contributed by atoms with Crippen LogP contribution in [0.15, 0.2) is 57.9 Å². The van der Waals surface area contributed by atoms with E-state index >= 15 is 4.39 Å². The number of ether oxygens (including phenoxy) is 2. The molecule has 3 N–H and O–H groups in total. The highest BCUT2D eigenvalue weighted by Gasteiger charge is 2.34. The molecule has 3 fully saturated rings. The third kappa shape index (κ3) is 7.22. The number of carbonyl (C=O) groups excluding carboxylic acids is 2. The Kier molecular flexibility index (Phi) is 10.4. The minimum absolute atomic E-state index is 0.0406. The van der Waals surface area contributed by atoms with Crippen LogP contribution in [0.2, 0.25) is 0 Å². The van der Waals surface area contributed by atoms with Crippen LogP contribution < -0.4 is 31.0 Å². The van der Waals surface area contributed by atoms with Crippen molar-refractivity contribution in [2.75, 3.05) is 90.1 Å². The molecule has 5 aromatic rings. The molecule has 0 radical (unpaired) electrons. The van der Waals surface area contributed by atoms with Crippen molar-refractivity contribution in [3.63, 3.8) is 0 Å². The Labute approximate surface area is 323 Å². The smallest absolute Gasteiger partial charge is 0.256 e. The third-order valence-electron chi connectivity index (χ3n) is 11.6. The van der Waals surface area contributed by atoms with Gasteiger partial charge in [-0.2, -0.15) is 0 Å². The summed E-state index contributed by atoms with van der Waals surface area (Å²) in [4.78, 5) is 47.3. The van der Waals surface area contributed by atoms with Gasteiger partial charge in [0.25, 0.3) is 5.91 Å². The first-order chi connectivity index (χ1) is 27.4. The Bertz CT molecular complexity index is 2350. The summed E-state index contributed by atoms with van der Waals surface area (Å²) in [6, 6.07) is 12.5. The van der Waals surface area contributed by atoms with E-state index in [1.807, 2.05) is 41.3 Å². The highest BCUT2D eigenvalue weighted by atomic mass is 19.1. The molecule has 0 unspecified atom stereocenters. The number of carbonyl (C=O) groups is 2. The number of para-hydroxylation sites is 1. The van der Waals surface area contributed by atoms with Gasteiger partial charge in [-0.25, -0.2) is 4.39 Å². The zero-order valence-electron chi connectivity index (χ0n) is 31.5. The van der Waals surface area contributed by atoms with Crippen molar-refractivity contribution >= 4 is 50.3 Å². The minimum Gasteiger partial charge on any atom is -0.456 e. The van der Waals surface area contributed by atoms with E-state index in [2.05, 4.69) is 25.8 Å². The topological polar surface area (TPSA) is 134 Å². The van der Waals surface area contributed by atoms with Gasteiger partial charge < -0.3 is 44.2 Å². The van der Waals surface area contributed by atoms with E-state index in [9.17, 15) is 14.4 Å². The highest BCUT2D eigenvalue weighted by Crippen LogP contribution is 2.49. The second-order valence-electron chi connectivity index (χ2n) is 15.3. The number of halogens is 1. The SMILES string of the molecule is O=C(CCNCCN1CCCC1)N[C@@H]1CCN(c2c(F)cc3c(=O)c(C(=O)NCCCN4CCOCC4)cn4c3c2Oc2cc3c(cc2-4)oc2ccccc23)C1. The second-order valence-corrected chi connectivity index (χ2v) is 15.3. The van der Waals surface area contributed by atoms with Crippen LogP contribution in [0.3, 0.4) is 0 Å². The molecule has 56 heavy (non-hydrogen) atoms. The number of furan rings is 1. The summed E-state index contributed by atoms with van der Waals surface area (Å²) in [6.45, 7) is 9.87. The van der Waals surface area contributed by atoms with Crippen LogP contribution in [0.25, 0.3) is 38.5 Å². The number of nitrogens with one attached hydrogen (secondary N) is 3. The fraction of sp³-hybridized carbons (Fsp3) is 0.452. The van der Waals surface area contributed by atoms with Gasteiger partial charge in [0, 0.05) is 87.9 Å². The molecule has 0 aliphatic carbocycles. The highest BCUT2D eigenvalue weighted by molar-refractivity contribution is 6.07. The molecular formula is C42H48FN7O6. The second kappa shape index (κ2) is 15.8. The molecule has 294 valence electrons. The van der Waals surface area contributed by atoms with Gasteiger partial charge in [-0.05, 0) is 63.5 Å². The fourth-order valence-corrected chi connectivity index (χ4v) is 8.66. The maximum atomic E-state index is 16.5. The van der Waals surface area contributed by atoms with Gasteiger partial charge in [0.2, 0.25) is 11.3 Å². The Balaban J connectivity index is 0.991. The first kappa shape index (κ1) is 36.6. The van der Waals surface area contributed by atoms with E-state index in [1.54, 1.807) is 4.57 Å². The van der Waals surface area contributed by atoms with Crippen LogP contribution in [0.1, 0.15) is 42.5 Å². The summed E-state index contributed by atoms with van der Waals surface area (Å²) in [5.41, 5.74) is 1.80. The Morgan fingerprint density at radius 2 is 1.70 bits per heavy atom. The predicted molar refractivity (Wildman–Crippen MR) is 213 cm³/mol. The molecule has 0 spiro atoms. The first-order valence-electron chi connectivity index (χ1n) is 20.0. The molecule has 9 rings (SSSR count). The van der Waals surface area contributed by atoms with Crippen molar-refractivity contribution < 1.29 is 27.9 Å². The lowest BCUT2D eigenvalue weighted by Gasteiger charge is -2.29. The van der Waals surface area contributed by atoms with E-state index in [-0.39, 0.29) is 34.3 Å². The molecule has 3 saturated heterocycles. The summed E-state index contributed by atoms with van der Waals surface area (Å²) in [5.74, 6) is -0.568. The minimum atomic E-state index is -0.633. The lowest BCUT2D eigenvalue weighted by molar-refractivity contribution is -0.121. The average Bonchev–Trinajstić information content (AvgIpc) is 3.98. The molecule has 2 aromatic heterocycles. The maximum absolute atomic E-state index is 16.5. The summed E-state index contributed by atoms with van der Waals surface area (Å²) in [5, 5.41) is 11.2. The van der Waals surface area contributed by atoms with E-state index in [0.717, 1.165) is 56.6 Å².